The predicted molar refractivity (Wildman–Crippen MR) is 68.2 cm³/mol. The fourth-order valence-electron chi connectivity index (χ4n) is 4.60. The highest BCUT2D eigenvalue weighted by molar-refractivity contribution is 5.85. The first kappa shape index (κ1) is 12.2. The first-order valence-electron chi connectivity index (χ1n) is 7.02. The summed E-state index contributed by atoms with van der Waals surface area (Å²) in [6, 6.07) is 0. The number of rotatable bonds is 2. The molecule has 1 aliphatic heterocycles. The molecule has 100 valence electrons. The third kappa shape index (κ3) is 1.37. The highest BCUT2D eigenvalue weighted by Crippen LogP contribution is 2.70. The van der Waals surface area contributed by atoms with Crippen molar-refractivity contribution in [2.75, 3.05) is 0 Å². The van der Waals surface area contributed by atoms with E-state index in [2.05, 4.69) is 13.8 Å². The minimum atomic E-state index is -0.804. The fraction of sp³-hybridized carbons (Fsp3) is 0.800. The molecule has 18 heavy (non-hydrogen) atoms. The molecule has 0 unspecified atom stereocenters. The Morgan fingerprint density at radius 3 is 2.72 bits per heavy atom. The molecule has 1 spiro atoms. The van der Waals surface area contributed by atoms with Gasteiger partial charge in [0.15, 0.2) is 0 Å². The Balaban J connectivity index is 1.93. The highest BCUT2D eigenvalue weighted by atomic mass is 16.6. The van der Waals surface area contributed by atoms with Crippen molar-refractivity contribution in [2.45, 2.75) is 57.7 Å². The summed E-state index contributed by atoms with van der Waals surface area (Å²) in [4.78, 5) is 11.0. The van der Waals surface area contributed by atoms with Gasteiger partial charge in [0.05, 0.1) is 5.60 Å². The molecule has 1 saturated heterocycles. The summed E-state index contributed by atoms with van der Waals surface area (Å²) < 4.78 is 6.16. The second-order valence-electron chi connectivity index (χ2n) is 6.59. The predicted octanol–water partition coefficient (Wildman–Crippen LogP) is 3.00. The van der Waals surface area contributed by atoms with E-state index in [1.807, 2.05) is 6.08 Å². The Morgan fingerprint density at radius 1 is 1.39 bits per heavy atom. The van der Waals surface area contributed by atoms with Gasteiger partial charge < -0.3 is 9.84 Å². The van der Waals surface area contributed by atoms with Crippen LogP contribution in [0.5, 0.6) is 0 Å². The van der Waals surface area contributed by atoms with Gasteiger partial charge in [0.1, 0.15) is 5.60 Å². The van der Waals surface area contributed by atoms with Crippen LogP contribution in [0.25, 0.3) is 0 Å². The molecule has 0 aromatic rings. The Labute approximate surface area is 108 Å². The molecule has 3 fully saturated rings. The van der Waals surface area contributed by atoms with E-state index in [9.17, 15) is 4.79 Å². The third-order valence-electron chi connectivity index (χ3n) is 5.62. The second-order valence-corrected chi connectivity index (χ2v) is 6.59. The monoisotopic (exact) mass is 250 g/mol. The van der Waals surface area contributed by atoms with E-state index in [4.69, 9.17) is 9.84 Å². The van der Waals surface area contributed by atoms with E-state index in [1.54, 1.807) is 6.92 Å². The number of ether oxygens (including phenoxy) is 1. The van der Waals surface area contributed by atoms with Crippen molar-refractivity contribution >= 4 is 5.97 Å². The lowest BCUT2D eigenvalue weighted by atomic mass is 9.65. The van der Waals surface area contributed by atoms with Crippen molar-refractivity contribution in [2.24, 2.45) is 17.8 Å². The number of epoxide rings is 1. The normalized spacial score (nSPS) is 50.6. The molecule has 5 atom stereocenters. The third-order valence-corrected chi connectivity index (χ3v) is 5.62. The average molecular weight is 250 g/mol. The summed E-state index contributed by atoms with van der Waals surface area (Å²) in [5.74, 6) is 0.826. The van der Waals surface area contributed by atoms with Gasteiger partial charge in [-0.3, -0.25) is 0 Å². The topological polar surface area (TPSA) is 49.8 Å². The van der Waals surface area contributed by atoms with Gasteiger partial charge in [-0.2, -0.15) is 0 Å². The van der Waals surface area contributed by atoms with Crippen molar-refractivity contribution in [3.8, 4) is 0 Å². The maximum Gasteiger partial charge on any atom is 0.330 e. The number of hydrogen-bond acceptors (Lipinski definition) is 2. The Kier molecular flexibility index (Phi) is 2.44. The van der Waals surface area contributed by atoms with Crippen molar-refractivity contribution in [1.29, 1.82) is 0 Å². The summed E-state index contributed by atoms with van der Waals surface area (Å²) in [5, 5.41) is 9.06. The van der Waals surface area contributed by atoms with Gasteiger partial charge in [0.25, 0.3) is 0 Å². The maximum atomic E-state index is 11.0. The van der Waals surface area contributed by atoms with Gasteiger partial charge in [-0.15, -0.1) is 0 Å². The summed E-state index contributed by atoms with van der Waals surface area (Å²) in [6.07, 6.45) is 6.60. The van der Waals surface area contributed by atoms with Crippen LogP contribution >= 0.6 is 0 Å². The van der Waals surface area contributed by atoms with Gasteiger partial charge in [-0.1, -0.05) is 13.0 Å². The lowest BCUT2D eigenvalue weighted by molar-refractivity contribution is -0.132. The van der Waals surface area contributed by atoms with Crippen LogP contribution in [0.15, 0.2) is 11.6 Å². The van der Waals surface area contributed by atoms with E-state index >= 15 is 0 Å². The molecular weight excluding hydrogens is 228 g/mol. The maximum absolute atomic E-state index is 11.0. The van der Waals surface area contributed by atoms with Gasteiger partial charge in [0, 0.05) is 11.5 Å². The molecule has 3 rings (SSSR count). The van der Waals surface area contributed by atoms with Gasteiger partial charge in [-0.25, -0.2) is 4.79 Å². The van der Waals surface area contributed by atoms with E-state index in [-0.39, 0.29) is 11.2 Å². The molecule has 0 aromatic heterocycles. The lowest BCUT2D eigenvalue weighted by Gasteiger charge is -2.37. The minimum Gasteiger partial charge on any atom is -0.478 e. The average Bonchev–Trinajstić information content (AvgIpc) is 2.79. The molecule has 3 aliphatic rings. The van der Waals surface area contributed by atoms with Gasteiger partial charge in [-0.05, 0) is 51.4 Å². The smallest absolute Gasteiger partial charge is 0.330 e. The molecule has 1 N–H and O–H groups in total. The number of hydrogen-bond donors (Lipinski definition) is 1. The van der Waals surface area contributed by atoms with E-state index in [0.29, 0.717) is 23.3 Å². The fourth-order valence-corrected chi connectivity index (χ4v) is 4.60. The zero-order valence-corrected chi connectivity index (χ0v) is 11.4. The van der Waals surface area contributed by atoms with Crippen LogP contribution in [0, 0.1) is 17.8 Å². The molecule has 3 nitrogen and oxygen atoms in total. The van der Waals surface area contributed by atoms with Crippen LogP contribution < -0.4 is 0 Å². The quantitative estimate of drug-likeness (QED) is 0.605. The SMILES string of the molecule is C/C(=C\[C@@H]1CC[C@@H](C)[C@H]2CC[C@]3(C)O[C@]123)C(=O)O. The molecule has 1 heterocycles. The molecule has 2 aliphatic carbocycles. The summed E-state index contributed by atoms with van der Waals surface area (Å²) in [6.45, 7) is 6.23. The zero-order valence-electron chi connectivity index (χ0n) is 11.4. The first-order valence-corrected chi connectivity index (χ1v) is 7.02. The molecule has 2 saturated carbocycles. The summed E-state index contributed by atoms with van der Waals surface area (Å²) in [7, 11) is 0. The summed E-state index contributed by atoms with van der Waals surface area (Å²) >= 11 is 0. The van der Waals surface area contributed by atoms with E-state index in [0.717, 1.165) is 12.8 Å². The lowest BCUT2D eigenvalue weighted by Crippen LogP contribution is -2.41. The zero-order chi connectivity index (χ0) is 13.1. The Hall–Kier alpha value is -0.830. The van der Waals surface area contributed by atoms with E-state index in [1.165, 1.54) is 12.8 Å². The van der Waals surface area contributed by atoms with Crippen molar-refractivity contribution in [3.05, 3.63) is 11.6 Å². The van der Waals surface area contributed by atoms with Crippen LogP contribution in [0.1, 0.15) is 46.5 Å². The highest BCUT2D eigenvalue weighted by Gasteiger charge is 2.77. The largest absolute Gasteiger partial charge is 0.478 e. The van der Waals surface area contributed by atoms with Crippen molar-refractivity contribution in [3.63, 3.8) is 0 Å². The standard InChI is InChI=1S/C15H22O3/c1-9-4-5-11(8-10(2)13(16)17)15-12(9)6-7-14(15,3)18-15/h8-9,11-12H,4-7H2,1-3H3,(H,16,17)/b10-8+/t9-,11+,12-,14+,15-/m1/s1. The number of carboxylic acids is 1. The molecule has 0 aromatic carbocycles. The van der Waals surface area contributed by atoms with Crippen molar-refractivity contribution in [1.82, 2.24) is 0 Å². The van der Waals surface area contributed by atoms with Gasteiger partial charge >= 0.3 is 5.97 Å². The minimum absolute atomic E-state index is 0.0201. The van der Waals surface area contributed by atoms with Crippen LogP contribution in [0.3, 0.4) is 0 Å². The molecular formula is C15H22O3. The Bertz CT molecular complexity index is 427. The summed E-state index contributed by atoms with van der Waals surface area (Å²) in [5.41, 5.74) is 0.445. The number of carboxylic acid groups (broad SMARTS) is 1. The van der Waals surface area contributed by atoms with Crippen LogP contribution in [-0.2, 0) is 9.53 Å². The van der Waals surface area contributed by atoms with Crippen LogP contribution in [-0.4, -0.2) is 22.3 Å². The molecule has 0 amide bonds. The second kappa shape index (κ2) is 3.60. The van der Waals surface area contributed by atoms with Crippen LogP contribution in [0.2, 0.25) is 0 Å². The Morgan fingerprint density at radius 2 is 2.11 bits per heavy atom. The molecule has 0 bridgehead atoms. The number of aliphatic carboxylic acids is 1. The molecule has 0 radical (unpaired) electrons. The van der Waals surface area contributed by atoms with Crippen LogP contribution in [0.4, 0.5) is 0 Å². The van der Waals surface area contributed by atoms with Gasteiger partial charge in [0.2, 0.25) is 0 Å². The molecule has 3 heteroatoms. The van der Waals surface area contributed by atoms with E-state index < -0.39 is 5.97 Å². The first-order chi connectivity index (χ1) is 8.41. The number of carbonyl (C=O) groups is 1. The van der Waals surface area contributed by atoms with Crippen molar-refractivity contribution < 1.29 is 14.6 Å².